The Kier molecular flexibility index (Phi) is 6.10. The predicted octanol–water partition coefficient (Wildman–Crippen LogP) is 4.12. The fraction of sp³-hybridized carbons (Fsp3) is 0.176. The molecule has 0 aliphatic carbocycles. The van der Waals surface area contributed by atoms with Crippen LogP contribution in [-0.2, 0) is 6.54 Å². The van der Waals surface area contributed by atoms with Gasteiger partial charge in [-0.05, 0) is 18.2 Å². The smallest absolute Gasteiger partial charge is 0.422 e. The number of thiazole rings is 1. The topological polar surface area (TPSA) is 77.0 Å². The van der Waals surface area contributed by atoms with Crippen molar-refractivity contribution in [2.24, 2.45) is 0 Å². The average Bonchev–Trinajstić information content (AvgIpc) is 3.14. The van der Waals surface area contributed by atoms with Gasteiger partial charge in [0.2, 0.25) is 5.88 Å². The summed E-state index contributed by atoms with van der Waals surface area (Å²) in [7, 11) is 0. The van der Waals surface area contributed by atoms with Gasteiger partial charge in [0.15, 0.2) is 6.61 Å². The van der Waals surface area contributed by atoms with Crippen molar-refractivity contribution in [3.05, 3.63) is 57.8 Å². The lowest BCUT2D eigenvalue weighted by atomic mass is 10.2. The number of carbonyl (C=O) groups excluding carboxylic acids is 1. The molecule has 3 aromatic heterocycles. The summed E-state index contributed by atoms with van der Waals surface area (Å²) >= 11 is 7.22. The molecule has 3 rings (SSSR count). The summed E-state index contributed by atoms with van der Waals surface area (Å²) in [5.74, 6) is -0.880. The molecule has 0 saturated heterocycles. The van der Waals surface area contributed by atoms with Crippen LogP contribution in [0, 0.1) is 0 Å². The largest absolute Gasteiger partial charge is 0.467 e. The highest BCUT2D eigenvalue weighted by Gasteiger charge is 2.29. The van der Waals surface area contributed by atoms with Crippen LogP contribution in [0.2, 0.25) is 5.02 Å². The molecule has 6 nitrogen and oxygen atoms in total. The summed E-state index contributed by atoms with van der Waals surface area (Å²) in [6.07, 6.45) is -0.0923. The molecule has 28 heavy (non-hydrogen) atoms. The lowest BCUT2D eigenvalue weighted by Gasteiger charge is -2.10. The van der Waals surface area contributed by atoms with Gasteiger partial charge in [-0.25, -0.2) is 9.97 Å². The minimum absolute atomic E-state index is 0.0928. The number of hydrogen-bond donors (Lipinski definition) is 1. The normalized spacial score (nSPS) is 11.3. The van der Waals surface area contributed by atoms with Crippen LogP contribution in [0.5, 0.6) is 5.88 Å². The van der Waals surface area contributed by atoms with Crippen LogP contribution in [0.15, 0.2) is 42.2 Å². The molecule has 11 heteroatoms. The van der Waals surface area contributed by atoms with E-state index in [0.717, 1.165) is 17.5 Å². The maximum atomic E-state index is 12.2. The van der Waals surface area contributed by atoms with E-state index in [0.29, 0.717) is 5.01 Å². The molecule has 0 saturated carbocycles. The Balaban J connectivity index is 1.59. The van der Waals surface area contributed by atoms with Crippen molar-refractivity contribution < 1.29 is 22.7 Å². The first-order chi connectivity index (χ1) is 13.3. The van der Waals surface area contributed by atoms with E-state index in [9.17, 15) is 18.0 Å². The first-order valence-corrected chi connectivity index (χ1v) is 9.06. The zero-order valence-corrected chi connectivity index (χ0v) is 15.6. The van der Waals surface area contributed by atoms with Crippen molar-refractivity contribution in [2.45, 2.75) is 12.7 Å². The third-order valence-corrected chi connectivity index (χ3v) is 4.49. The minimum Gasteiger partial charge on any atom is -0.467 e. The van der Waals surface area contributed by atoms with Crippen molar-refractivity contribution in [1.82, 2.24) is 20.3 Å². The van der Waals surface area contributed by atoms with Crippen LogP contribution in [0.3, 0.4) is 0 Å². The second-order valence-corrected chi connectivity index (χ2v) is 6.81. The van der Waals surface area contributed by atoms with E-state index < -0.39 is 24.6 Å². The van der Waals surface area contributed by atoms with Crippen molar-refractivity contribution in [1.29, 1.82) is 0 Å². The highest BCUT2D eigenvalue weighted by molar-refractivity contribution is 7.09. The Morgan fingerprint density at radius 3 is 2.71 bits per heavy atom. The van der Waals surface area contributed by atoms with Gasteiger partial charge in [0.25, 0.3) is 5.91 Å². The molecular weight excluding hydrogens is 417 g/mol. The summed E-state index contributed by atoms with van der Waals surface area (Å²) in [6.45, 7) is -1.34. The van der Waals surface area contributed by atoms with E-state index in [4.69, 9.17) is 11.6 Å². The molecule has 1 amide bonds. The van der Waals surface area contributed by atoms with Crippen molar-refractivity contribution in [3.8, 4) is 17.1 Å². The molecule has 0 radical (unpaired) electrons. The molecule has 0 aromatic carbocycles. The number of amides is 1. The second-order valence-electron chi connectivity index (χ2n) is 5.46. The number of halogens is 4. The monoisotopic (exact) mass is 428 g/mol. The molecule has 0 unspecified atom stereocenters. The Hall–Kier alpha value is -2.72. The van der Waals surface area contributed by atoms with Crippen LogP contribution in [0.25, 0.3) is 11.3 Å². The number of ether oxygens (including phenoxy) is 1. The lowest BCUT2D eigenvalue weighted by Crippen LogP contribution is -2.23. The van der Waals surface area contributed by atoms with Gasteiger partial charge in [0.05, 0.1) is 17.8 Å². The number of nitrogens with zero attached hydrogens (tertiary/aromatic N) is 3. The highest BCUT2D eigenvalue weighted by Crippen LogP contribution is 2.25. The van der Waals surface area contributed by atoms with Gasteiger partial charge in [-0.2, -0.15) is 13.2 Å². The first kappa shape index (κ1) is 20.0. The molecule has 146 valence electrons. The van der Waals surface area contributed by atoms with Gasteiger partial charge in [-0.1, -0.05) is 11.6 Å². The molecule has 3 aromatic rings. The Morgan fingerprint density at radius 2 is 2.04 bits per heavy atom. The number of carbonyl (C=O) groups is 1. The summed E-state index contributed by atoms with van der Waals surface area (Å²) in [5.41, 5.74) is 1.78. The van der Waals surface area contributed by atoms with Crippen LogP contribution in [0.1, 0.15) is 15.4 Å². The fourth-order valence-electron chi connectivity index (χ4n) is 2.11. The summed E-state index contributed by atoms with van der Waals surface area (Å²) < 4.78 is 41.1. The van der Waals surface area contributed by atoms with Gasteiger partial charge < -0.3 is 10.1 Å². The average molecular weight is 429 g/mol. The van der Waals surface area contributed by atoms with Crippen molar-refractivity contribution in [2.75, 3.05) is 6.61 Å². The van der Waals surface area contributed by atoms with Crippen LogP contribution in [-0.4, -0.2) is 33.6 Å². The van der Waals surface area contributed by atoms with Crippen molar-refractivity contribution in [3.63, 3.8) is 0 Å². The molecule has 3 heterocycles. The summed E-state index contributed by atoms with van der Waals surface area (Å²) in [4.78, 5) is 24.3. The van der Waals surface area contributed by atoms with Gasteiger partial charge in [0, 0.05) is 29.5 Å². The van der Waals surface area contributed by atoms with E-state index in [1.807, 2.05) is 17.5 Å². The zero-order valence-electron chi connectivity index (χ0n) is 14.0. The molecule has 0 atom stereocenters. The predicted molar refractivity (Wildman–Crippen MR) is 97.3 cm³/mol. The minimum atomic E-state index is -4.51. The molecule has 0 bridgehead atoms. The fourth-order valence-corrected chi connectivity index (χ4v) is 3.08. The van der Waals surface area contributed by atoms with E-state index in [1.165, 1.54) is 17.4 Å². The molecular formula is C17H12ClF3N4O2S. The second kappa shape index (κ2) is 8.53. The standard InChI is InChI=1S/C17H12ClF3N4O2S/c18-12-5-11(6-24-16(12)27-9-17(19,20)21)15(26)23-7-14-25-13(8-28-14)10-1-3-22-4-2-10/h1-6,8H,7,9H2,(H,23,26). The number of pyridine rings is 2. The SMILES string of the molecule is O=C(NCc1nc(-c2ccncc2)cs1)c1cnc(OCC(F)(F)F)c(Cl)c1. The Bertz CT molecular complexity index is 967. The van der Waals surface area contributed by atoms with Crippen LogP contribution >= 0.6 is 22.9 Å². The Morgan fingerprint density at radius 1 is 1.29 bits per heavy atom. The highest BCUT2D eigenvalue weighted by atomic mass is 35.5. The molecule has 1 N–H and O–H groups in total. The van der Waals surface area contributed by atoms with Gasteiger partial charge in [-0.15, -0.1) is 11.3 Å². The maximum Gasteiger partial charge on any atom is 0.422 e. The molecule has 0 fully saturated rings. The quantitative estimate of drug-likeness (QED) is 0.639. The zero-order chi connectivity index (χ0) is 20.1. The lowest BCUT2D eigenvalue weighted by molar-refractivity contribution is -0.154. The number of alkyl halides is 3. The van der Waals surface area contributed by atoms with E-state index in [2.05, 4.69) is 25.0 Å². The van der Waals surface area contributed by atoms with E-state index in [1.54, 1.807) is 12.4 Å². The molecule has 0 aliphatic heterocycles. The third-order valence-electron chi connectivity index (χ3n) is 3.37. The van der Waals surface area contributed by atoms with Crippen LogP contribution < -0.4 is 10.1 Å². The van der Waals surface area contributed by atoms with Gasteiger partial charge >= 0.3 is 6.18 Å². The molecule has 0 aliphatic rings. The summed E-state index contributed by atoms with van der Waals surface area (Å²) in [5, 5.41) is 5.02. The van der Waals surface area contributed by atoms with Gasteiger partial charge in [-0.3, -0.25) is 9.78 Å². The first-order valence-electron chi connectivity index (χ1n) is 7.80. The maximum absolute atomic E-state index is 12.2. The van der Waals surface area contributed by atoms with E-state index >= 15 is 0 Å². The Labute approximate surface area is 166 Å². The van der Waals surface area contributed by atoms with Gasteiger partial charge in [0.1, 0.15) is 10.0 Å². The van der Waals surface area contributed by atoms with E-state index in [-0.39, 0.29) is 17.1 Å². The molecule has 0 spiro atoms. The number of rotatable bonds is 6. The number of hydrogen-bond acceptors (Lipinski definition) is 6. The van der Waals surface area contributed by atoms with Crippen LogP contribution in [0.4, 0.5) is 13.2 Å². The number of nitrogens with one attached hydrogen (secondary N) is 1. The third kappa shape index (κ3) is 5.40. The summed E-state index contributed by atoms with van der Waals surface area (Å²) in [6, 6.07) is 4.85. The van der Waals surface area contributed by atoms with Crippen molar-refractivity contribution >= 4 is 28.8 Å². The number of aromatic nitrogens is 3.